The summed E-state index contributed by atoms with van der Waals surface area (Å²) in [6, 6.07) is 10.7. The molecule has 4 N–H and O–H groups in total. The van der Waals surface area contributed by atoms with Crippen LogP contribution in [-0.2, 0) is 4.79 Å². The van der Waals surface area contributed by atoms with Gasteiger partial charge in [0.2, 0.25) is 5.91 Å². The van der Waals surface area contributed by atoms with E-state index >= 15 is 0 Å². The minimum absolute atomic E-state index is 0.224. The number of nitrogens with two attached hydrogens (primary N) is 1. The first-order valence-corrected chi connectivity index (χ1v) is 7.86. The van der Waals surface area contributed by atoms with Gasteiger partial charge >= 0.3 is 0 Å². The second-order valence-electron chi connectivity index (χ2n) is 5.69. The topological polar surface area (TPSA) is 88.2 Å². The van der Waals surface area contributed by atoms with Crippen molar-refractivity contribution in [3.8, 4) is 23.1 Å². The van der Waals surface area contributed by atoms with Gasteiger partial charge in [-0.1, -0.05) is 35.6 Å². The highest BCUT2D eigenvalue weighted by molar-refractivity contribution is 6.29. The van der Waals surface area contributed by atoms with E-state index < -0.39 is 5.41 Å². The van der Waals surface area contributed by atoms with Crippen LogP contribution in [0.5, 0.6) is 0 Å². The number of nitrogens with one attached hydrogen (secondary N) is 1. The molecular weight excluding hydrogens is 326 g/mol. The number of aromatic nitrogens is 1. The molecule has 2 heterocycles. The molecule has 1 saturated heterocycles. The molecule has 2 aromatic rings. The summed E-state index contributed by atoms with van der Waals surface area (Å²) in [6.07, 6.45) is 0.501. The van der Waals surface area contributed by atoms with Crippen LogP contribution in [0, 0.1) is 17.3 Å². The summed E-state index contributed by atoms with van der Waals surface area (Å²) >= 11 is 5.95. The van der Waals surface area contributed by atoms with Gasteiger partial charge in [0.25, 0.3) is 0 Å². The summed E-state index contributed by atoms with van der Waals surface area (Å²) in [5.74, 6) is 5.69. The fraction of sp³-hybridized carbons (Fsp3) is 0.222. The number of halogens is 1. The Hall–Kier alpha value is -2.55. The molecule has 0 unspecified atom stereocenters. The van der Waals surface area contributed by atoms with Crippen LogP contribution in [-0.4, -0.2) is 29.1 Å². The molecule has 1 atom stereocenters. The number of hydrogen-bond acceptors (Lipinski definition) is 4. The zero-order valence-electron chi connectivity index (χ0n) is 12.8. The molecule has 1 aliphatic heterocycles. The molecule has 0 saturated carbocycles. The van der Waals surface area contributed by atoms with Crippen molar-refractivity contribution in [2.24, 2.45) is 5.41 Å². The molecule has 122 valence electrons. The number of benzene rings is 1. The lowest BCUT2D eigenvalue weighted by Crippen LogP contribution is -2.33. The Kier molecular flexibility index (Phi) is 4.43. The van der Waals surface area contributed by atoms with E-state index in [1.165, 1.54) is 0 Å². The Bertz CT molecular complexity index is 837. The number of carbonyl (C=O) groups is 1. The normalized spacial score (nSPS) is 19.5. The van der Waals surface area contributed by atoms with E-state index in [4.69, 9.17) is 17.3 Å². The molecule has 3 rings (SSSR count). The largest absolute Gasteiger partial charge is 0.399 e. The molecule has 0 spiro atoms. The maximum atomic E-state index is 11.9. The number of nitrogen functional groups attached to an aromatic ring is 1. The average molecular weight is 342 g/mol. The van der Waals surface area contributed by atoms with E-state index in [2.05, 4.69) is 22.1 Å². The molecule has 5 nitrogen and oxygen atoms in total. The second kappa shape index (κ2) is 6.52. The number of nitrogens with zero attached hydrogens (tertiary/aromatic N) is 1. The fourth-order valence-corrected chi connectivity index (χ4v) is 2.81. The lowest BCUT2D eigenvalue weighted by atomic mass is 9.88. The Morgan fingerprint density at radius 2 is 2.21 bits per heavy atom. The van der Waals surface area contributed by atoms with Gasteiger partial charge in [0.15, 0.2) is 0 Å². The summed E-state index contributed by atoms with van der Waals surface area (Å²) in [5, 5.41) is 12.6. The smallest absolute Gasteiger partial charge is 0.240 e. The highest BCUT2D eigenvalue weighted by Gasteiger charge is 2.40. The minimum atomic E-state index is -1.02. The standard InChI is InChI=1S/C18H16ClN3O2/c19-16-10-14(20)9-15(22-16)13-3-1-2-12(8-13)4-5-18(11-23)6-7-21-17(18)24/h1-3,8-10,23H,6-7,11H2,(H2,20,22)(H,21,24)/t18-/m0/s1. The van der Waals surface area contributed by atoms with Crippen LogP contribution in [0.2, 0.25) is 5.15 Å². The van der Waals surface area contributed by atoms with Gasteiger partial charge in [-0.05, 0) is 30.7 Å². The van der Waals surface area contributed by atoms with Crippen LogP contribution < -0.4 is 11.1 Å². The molecule has 6 heteroatoms. The summed E-state index contributed by atoms with van der Waals surface area (Å²) in [4.78, 5) is 16.2. The van der Waals surface area contributed by atoms with Gasteiger partial charge in [0, 0.05) is 23.4 Å². The van der Waals surface area contributed by atoms with E-state index in [0.717, 1.165) is 11.1 Å². The molecule has 1 aromatic heterocycles. The maximum absolute atomic E-state index is 11.9. The first-order chi connectivity index (χ1) is 11.5. The van der Waals surface area contributed by atoms with Crippen LogP contribution in [0.15, 0.2) is 36.4 Å². The molecule has 0 radical (unpaired) electrons. The van der Waals surface area contributed by atoms with Crippen LogP contribution in [0.3, 0.4) is 0 Å². The van der Waals surface area contributed by atoms with Gasteiger partial charge in [-0.15, -0.1) is 0 Å². The van der Waals surface area contributed by atoms with Crippen LogP contribution in [0.25, 0.3) is 11.3 Å². The van der Waals surface area contributed by atoms with Crippen molar-refractivity contribution in [1.82, 2.24) is 10.3 Å². The molecule has 1 fully saturated rings. The van der Waals surface area contributed by atoms with E-state index in [1.54, 1.807) is 12.1 Å². The van der Waals surface area contributed by atoms with Crippen molar-refractivity contribution in [2.75, 3.05) is 18.9 Å². The second-order valence-corrected chi connectivity index (χ2v) is 6.07. The zero-order valence-corrected chi connectivity index (χ0v) is 13.6. The SMILES string of the molecule is Nc1cc(Cl)nc(-c2cccc(C#C[C@@]3(CO)CCNC3=O)c2)c1. The number of hydrogen-bond donors (Lipinski definition) is 3. The number of aliphatic hydroxyl groups excluding tert-OH is 1. The number of amides is 1. The molecule has 1 aromatic carbocycles. The average Bonchev–Trinajstić information content (AvgIpc) is 2.93. The Morgan fingerprint density at radius 1 is 1.38 bits per heavy atom. The Morgan fingerprint density at radius 3 is 2.88 bits per heavy atom. The lowest BCUT2D eigenvalue weighted by Gasteiger charge is -2.15. The first-order valence-electron chi connectivity index (χ1n) is 7.48. The van der Waals surface area contributed by atoms with Gasteiger partial charge in [0.05, 0.1) is 12.3 Å². The third-order valence-corrected chi connectivity index (χ3v) is 4.16. The minimum Gasteiger partial charge on any atom is -0.399 e. The van der Waals surface area contributed by atoms with Crippen molar-refractivity contribution in [3.63, 3.8) is 0 Å². The predicted octanol–water partition coefficient (Wildman–Crippen LogP) is 1.83. The number of pyridine rings is 1. The van der Waals surface area contributed by atoms with Crippen molar-refractivity contribution in [3.05, 3.63) is 47.1 Å². The molecule has 0 bridgehead atoms. The van der Waals surface area contributed by atoms with Crippen molar-refractivity contribution in [2.45, 2.75) is 6.42 Å². The van der Waals surface area contributed by atoms with E-state index in [-0.39, 0.29) is 12.5 Å². The van der Waals surface area contributed by atoms with Gasteiger partial charge in [-0.2, -0.15) is 0 Å². The summed E-state index contributed by atoms with van der Waals surface area (Å²) in [5.41, 5.74) is 7.51. The monoisotopic (exact) mass is 341 g/mol. The highest BCUT2D eigenvalue weighted by Crippen LogP contribution is 2.26. The van der Waals surface area contributed by atoms with Crippen LogP contribution >= 0.6 is 11.6 Å². The summed E-state index contributed by atoms with van der Waals surface area (Å²) in [7, 11) is 0. The quantitative estimate of drug-likeness (QED) is 0.574. The lowest BCUT2D eigenvalue weighted by molar-refractivity contribution is -0.126. The van der Waals surface area contributed by atoms with Crippen molar-refractivity contribution < 1.29 is 9.90 Å². The number of rotatable bonds is 2. The number of anilines is 1. The van der Waals surface area contributed by atoms with E-state index in [0.29, 0.717) is 29.5 Å². The van der Waals surface area contributed by atoms with Crippen LogP contribution in [0.4, 0.5) is 5.69 Å². The van der Waals surface area contributed by atoms with Crippen molar-refractivity contribution in [1.29, 1.82) is 0 Å². The molecule has 1 aliphatic rings. The van der Waals surface area contributed by atoms with Crippen molar-refractivity contribution >= 4 is 23.2 Å². The van der Waals surface area contributed by atoms with E-state index in [1.807, 2.05) is 24.3 Å². The molecule has 24 heavy (non-hydrogen) atoms. The molecule has 1 amide bonds. The number of carbonyl (C=O) groups excluding carboxylic acids is 1. The molecule has 0 aliphatic carbocycles. The van der Waals surface area contributed by atoms with Gasteiger partial charge in [-0.3, -0.25) is 4.79 Å². The van der Waals surface area contributed by atoms with Gasteiger partial charge in [0.1, 0.15) is 10.6 Å². The zero-order chi connectivity index (χ0) is 17.2. The highest BCUT2D eigenvalue weighted by atomic mass is 35.5. The number of aliphatic hydroxyl groups is 1. The fourth-order valence-electron chi connectivity index (χ4n) is 2.59. The van der Waals surface area contributed by atoms with E-state index in [9.17, 15) is 9.90 Å². The molecular formula is C18H16ClN3O2. The third-order valence-electron chi connectivity index (χ3n) is 3.96. The first kappa shape index (κ1) is 16.3. The third kappa shape index (κ3) is 3.21. The van der Waals surface area contributed by atoms with Gasteiger partial charge in [-0.25, -0.2) is 4.98 Å². The Labute approximate surface area is 144 Å². The predicted molar refractivity (Wildman–Crippen MR) is 93.1 cm³/mol. The summed E-state index contributed by atoms with van der Waals surface area (Å²) in [6.45, 7) is 0.234. The van der Waals surface area contributed by atoms with Crippen LogP contribution in [0.1, 0.15) is 12.0 Å². The Balaban J connectivity index is 1.95. The van der Waals surface area contributed by atoms with Gasteiger partial charge < -0.3 is 16.2 Å². The maximum Gasteiger partial charge on any atom is 0.240 e. The summed E-state index contributed by atoms with van der Waals surface area (Å²) < 4.78 is 0.